The lowest BCUT2D eigenvalue weighted by Gasteiger charge is -2.15. The fraction of sp³-hybridized carbons (Fsp3) is 0.250. The van der Waals surface area contributed by atoms with Crippen molar-refractivity contribution < 1.29 is 9.53 Å². The molecule has 4 heteroatoms. The van der Waals surface area contributed by atoms with Crippen molar-refractivity contribution in [3.63, 3.8) is 0 Å². The molecule has 0 aliphatic heterocycles. The summed E-state index contributed by atoms with van der Waals surface area (Å²) in [4.78, 5) is 13.9. The number of carbonyl (C=O) groups excluding carboxylic acids is 1. The van der Waals surface area contributed by atoms with Crippen molar-refractivity contribution in [1.29, 1.82) is 0 Å². The highest BCUT2D eigenvalue weighted by Gasteiger charge is 2.06. The number of hydrogen-bond acceptors (Lipinski definition) is 3. The maximum absolute atomic E-state index is 12.2. The molecule has 126 valence electrons. The standard InChI is InChI=1S/C20H24N2O2/c1-3-13-24-19-11-9-16(14-18(19)21)10-12-20(23)22(2)15-17-7-5-4-6-8-17/h4-12,14H,3,13,15,21H2,1-2H3/b12-10-. The molecule has 0 spiro atoms. The SMILES string of the molecule is CCCOc1ccc(/C=C\C(=O)N(C)Cc2ccccc2)cc1N. The molecule has 0 saturated carbocycles. The number of ether oxygens (including phenoxy) is 1. The Balaban J connectivity index is 1.96. The number of rotatable bonds is 7. The molecule has 0 heterocycles. The van der Waals surface area contributed by atoms with Crippen molar-refractivity contribution in [2.24, 2.45) is 0 Å². The van der Waals surface area contributed by atoms with Crippen LogP contribution in [-0.4, -0.2) is 24.5 Å². The largest absolute Gasteiger partial charge is 0.491 e. The lowest BCUT2D eigenvalue weighted by molar-refractivity contribution is -0.125. The van der Waals surface area contributed by atoms with Gasteiger partial charge in [-0.3, -0.25) is 4.79 Å². The van der Waals surface area contributed by atoms with E-state index in [-0.39, 0.29) is 5.91 Å². The van der Waals surface area contributed by atoms with Gasteiger partial charge in [0.15, 0.2) is 0 Å². The number of carbonyl (C=O) groups is 1. The number of nitrogens with two attached hydrogens (primary N) is 1. The molecule has 24 heavy (non-hydrogen) atoms. The molecule has 4 nitrogen and oxygen atoms in total. The van der Waals surface area contributed by atoms with Crippen molar-refractivity contribution in [3.05, 3.63) is 65.7 Å². The Morgan fingerprint density at radius 3 is 2.62 bits per heavy atom. The first-order valence-electron chi connectivity index (χ1n) is 8.09. The highest BCUT2D eigenvalue weighted by Crippen LogP contribution is 2.23. The van der Waals surface area contributed by atoms with E-state index in [2.05, 4.69) is 0 Å². The molecule has 0 saturated heterocycles. The number of benzene rings is 2. The average molecular weight is 324 g/mol. The van der Waals surface area contributed by atoms with Crippen molar-refractivity contribution in [2.45, 2.75) is 19.9 Å². The van der Waals surface area contributed by atoms with E-state index in [1.54, 1.807) is 24.1 Å². The molecule has 2 N–H and O–H groups in total. The van der Waals surface area contributed by atoms with Gasteiger partial charge in [0.2, 0.25) is 5.91 Å². The van der Waals surface area contributed by atoms with E-state index in [0.717, 1.165) is 17.5 Å². The summed E-state index contributed by atoms with van der Waals surface area (Å²) in [7, 11) is 1.79. The molecule has 0 bridgehead atoms. The van der Waals surface area contributed by atoms with Crippen LogP contribution in [0.5, 0.6) is 5.75 Å². The number of nitrogens with zero attached hydrogens (tertiary/aromatic N) is 1. The van der Waals surface area contributed by atoms with Gasteiger partial charge in [-0.1, -0.05) is 43.3 Å². The minimum Gasteiger partial charge on any atom is -0.491 e. The quantitative estimate of drug-likeness (QED) is 0.624. The van der Waals surface area contributed by atoms with E-state index < -0.39 is 0 Å². The van der Waals surface area contributed by atoms with Gasteiger partial charge in [-0.15, -0.1) is 0 Å². The fourth-order valence-corrected chi connectivity index (χ4v) is 2.24. The van der Waals surface area contributed by atoms with Gasteiger partial charge >= 0.3 is 0 Å². The van der Waals surface area contributed by atoms with Gasteiger partial charge in [0.1, 0.15) is 5.75 Å². The third-order valence-electron chi connectivity index (χ3n) is 3.55. The van der Waals surface area contributed by atoms with Crippen LogP contribution in [0.15, 0.2) is 54.6 Å². The maximum Gasteiger partial charge on any atom is 0.246 e. The molecule has 1 amide bonds. The minimum atomic E-state index is -0.0521. The summed E-state index contributed by atoms with van der Waals surface area (Å²) < 4.78 is 5.55. The van der Waals surface area contributed by atoms with Crippen molar-refractivity contribution in [1.82, 2.24) is 4.90 Å². The second-order valence-corrected chi connectivity index (χ2v) is 5.66. The molecule has 2 aromatic rings. The van der Waals surface area contributed by atoms with Crippen LogP contribution in [0.3, 0.4) is 0 Å². The third-order valence-corrected chi connectivity index (χ3v) is 3.55. The highest BCUT2D eigenvalue weighted by atomic mass is 16.5. The second-order valence-electron chi connectivity index (χ2n) is 5.66. The molecule has 0 unspecified atom stereocenters. The van der Waals surface area contributed by atoms with Crippen LogP contribution in [-0.2, 0) is 11.3 Å². The summed E-state index contributed by atoms with van der Waals surface area (Å²) >= 11 is 0. The first-order valence-corrected chi connectivity index (χ1v) is 8.09. The number of anilines is 1. The van der Waals surface area contributed by atoms with Crippen molar-refractivity contribution in [2.75, 3.05) is 19.4 Å². The molecule has 0 aliphatic carbocycles. The summed E-state index contributed by atoms with van der Waals surface area (Å²) in [6.07, 6.45) is 4.26. The summed E-state index contributed by atoms with van der Waals surface area (Å²) in [6.45, 7) is 3.27. The van der Waals surface area contributed by atoms with Crippen LogP contribution in [0.2, 0.25) is 0 Å². The van der Waals surface area contributed by atoms with Gasteiger partial charge in [0.25, 0.3) is 0 Å². The van der Waals surface area contributed by atoms with Gasteiger partial charge in [-0.05, 0) is 35.8 Å². The maximum atomic E-state index is 12.2. The molecule has 0 aromatic heterocycles. The van der Waals surface area contributed by atoms with Gasteiger partial charge in [-0.2, -0.15) is 0 Å². The Bertz CT molecular complexity index is 696. The van der Waals surface area contributed by atoms with E-state index >= 15 is 0 Å². The van der Waals surface area contributed by atoms with E-state index in [1.807, 2.05) is 55.5 Å². The number of likely N-dealkylation sites (N-methyl/N-ethyl adjacent to an activating group) is 1. The second kappa shape index (κ2) is 8.77. The Kier molecular flexibility index (Phi) is 6.43. The fourth-order valence-electron chi connectivity index (χ4n) is 2.24. The molecule has 0 aliphatic rings. The molecule has 0 atom stereocenters. The van der Waals surface area contributed by atoms with Gasteiger partial charge < -0.3 is 15.4 Å². The highest BCUT2D eigenvalue weighted by molar-refractivity contribution is 5.91. The summed E-state index contributed by atoms with van der Waals surface area (Å²) in [5, 5.41) is 0. The lowest BCUT2D eigenvalue weighted by atomic mass is 10.1. The van der Waals surface area contributed by atoms with Crippen LogP contribution in [0.4, 0.5) is 5.69 Å². The molecule has 0 fully saturated rings. The normalized spacial score (nSPS) is 10.8. The zero-order valence-electron chi connectivity index (χ0n) is 14.2. The predicted molar refractivity (Wildman–Crippen MR) is 98.6 cm³/mol. The summed E-state index contributed by atoms with van der Waals surface area (Å²) in [5.74, 6) is 0.630. The van der Waals surface area contributed by atoms with Gasteiger partial charge in [0, 0.05) is 19.7 Å². The zero-order chi connectivity index (χ0) is 17.4. The first kappa shape index (κ1) is 17.6. The smallest absolute Gasteiger partial charge is 0.246 e. The van der Waals surface area contributed by atoms with Crippen LogP contribution < -0.4 is 10.5 Å². The minimum absolute atomic E-state index is 0.0521. The molecular formula is C20H24N2O2. The summed E-state index contributed by atoms with van der Waals surface area (Å²) in [5.41, 5.74) is 8.53. The topological polar surface area (TPSA) is 55.6 Å². The summed E-state index contributed by atoms with van der Waals surface area (Å²) in [6, 6.07) is 15.4. The van der Waals surface area contributed by atoms with Crippen LogP contribution >= 0.6 is 0 Å². The lowest BCUT2D eigenvalue weighted by Crippen LogP contribution is -2.24. The molecule has 2 rings (SSSR count). The number of hydrogen-bond donors (Lipinski definition) is 1. The molecular weight excluding hydrogens is 300 g/mol. The van der Waals surface area contributed by atoms with Gasteiger partial charge in [0.05, 0.1) is 12.3 Å². The zero-order valence-corrected chi connectivity index (χ0v) is 14.2. The number of nitrogen functional groups attached to an aromatic ring is 1. The van der Waals surface area contributed by atoms with Crippen molar-refractivity contribution >= 4 is 17.7 Å². The average Bonchev–Trinajstić information content (AvgIpc) is 2.59. The third kappa shape index (κ3) is 5.16. The molecule has 0 radical (unpaired) electrons. The van der Waals surface area contributed by atoms with E-state index in [1.165, 1.54) is 0 Å². The predicted octanol–water partition coefficient (Wildman–Crippen LogP) is 3.73. The Labute approximate surface area is 143 Å². The van der Waals surface area contributed by atoms with E-state index in [9.17, 15) is 4.79 Å². The van der Waals surface area contributed by atoms with Crippen LogP contribution in [0, 0.1) is 0 Å². The van der Waals surface area contributed by atoms with Crippen LogP contribution in [0.25, 0.3) is 6.08 Å². The Morgan fingerprint density at radius 2 is 1.96 bits per heavy atom. The van der Waals surface area contributed by atoms with E-state index in [4.69, 9.17) is 10.5 Å². The van der Waals surface area contributed by atoms with Crippen LogP contribution in [0.1, 0.15) is 24.5 Å². The van der Waals surface area contributed by atoms with E-state index in [0.29, 0.717) is 24.6 Å². The van der Waals surface area contributed by atoms with Crippen molar-refractivity contribution in [3.8, 4) is 5.75 Å². The monoisotopic (exact) mass is 324 g/mol. The first-order chi connectivity index (χ1) is 11.6. The number of amides is 1. The molecule has 2 aromatic carbocycles. The Morgan fingerprint density at radius 1 is 1.21 bits per heavy atom. The van der Waals surface area contributed by atoms with Gasteiger partial charge in [-0.25, -0.2) is 0 Å². The Hall–Kier alpha value is -2.75.